The first kappa shape index (κ1) is 13.1. The summed E-state index contributed by atoms with van der Waals surface area (Å²) >= 11 is 0. The average Bonchev–Trinajstić information content (AvgIpc) is 2.37. The Bertz CT molecular complexity index is 608. The third-order valence-corrected chi connectivity index (χ3v) is 2.75. The monoisotopic (exact) mass is 257 g/mol. The van der Waals surface area contributed by atoms with Gasteiger partial charge in [0.05, 0.1) is 5.56 Å². The van der Waals surface area contributed by atoms with E-state index in [0.29, 0.717) is 12.4 Å². The van der Waals surface area contributed by atoms with Gasteiger partial charge in [0.1, 0.15) is 12.4 Å². The maximum atomic E-state index is 10.8. The van der Waals surface area contributed by atoms with Crippen molar-refractivity contribution >= 4 is 5.97 Å². The minimum Gasteiger partial charge on any atom is -0.489 e. The molecule has 0 saturated heterocycles. The van der Waals surface area contributed by atoms with Crippen LogP contribution in [0, 0.1) is 13.8 Å². The summed E-state index contributed by atoms with van der Waals surface area (Å²) in [5, 5.41) is 8.89. The number of carboxylic acids is 1. The van der Waals surface area contributed by atoms with Crippen molar-refractivity contribution in [3.05, 3.63) is 58.9 Å². The van der Waals surface area contributed by atoms with Crippen LogP contribution in [0.5, 0.6) is 5.75 Å². The summed E-state index contributed by atoms with van der Waals surface area (Å²) in [5.41, 5.74) is 3.14. The number of carboxylic acid groups (broad SMARTS) is 1. The first-order valence-corrected chi connectivity index (χ1v) is 5.93. The Hall–Kier alpha value is -2.36. The van der Waals surface area contributed by atoms with E-state index >= 15 is 0 Å². The van der Waals surface area contributed by atoms with E-state index in [-0.39, 0.29) is 5.56 Å². The van der Waals surface area contributed by atoms with E-state index in [1.54, 1.807) is 30.6 Å². The van der Waals surface area contributed by atoms with Crippen LogP contribution in [-0.4, -0.2) is 16.1 Å². The van der Waals surface area contributed by atoms with Crippen LogP contribution >= 0.6 is 0 Å². The summed E-state index contributed by atoms with van der Waals surface area (Å²) < 4.78 is 5.68. The van der Waals surface area contributed by atoms with Crippen LogP contribution in [0.4, 0.5) is 0 Å². The topological polar surface area (TPSA) is 59.4 Å². The standard InChI is InChI=1S/C15H15NO3/c1-10-5-12(8-16-7-10)9-19-14-4-3-13(15(17)18)6-11(14)2/h3-8H,9H2,1-2H3,(H,17,18). The van der Waals surface area contributed by atoms with Crippen LogP contribution in [0.15, 0.2) is 36.7 Å². The molecule has 98 valence electrons. The fourth-order valence-electron chi connectivity index (χ4n) is 1.80. The van der Waals surface area contributed by atoms with Gasteiger partial charge in [-0.2, -0.15) is 0 Å². The molecule has 0 aliphatic heterocycles. The zero-order chi connectivity index (χ0) is 13.8. The molecular weight excluding hydrogens is 242 g/mol. The third kappa shape index (κ3) is 3.31. The number of pyridine rings is 1. The Morgan fingerprint density at radius 2 is 2.05 bits per heavy atom. The summed E-state index contributed by atoms with van der Waals surface area (Å²) in [4.78, 5) is 14.9. The lowest BCUT2D eigenvalue weighted by atomic mass is 10.1. The molecule has 0 fully saturated rings. The van der Waals surface area contributed by atoms with Crippen LogP contribution in [0.1, 0.15) is 27.0 Å². The number of ether oxygens (including phenoxy) is 1. The molecule has 0 aliphatic rings. The lowest BCUT2D eigenvalue weighted by Gasteiger charge is -2.10. The zero-order valence-corrected chi connectivity index (χ0v) is 10.9. The van der Waals surface area contributed by atoms with Gasteiger partial charge in [0, 0.05) is 18.0 Å². The Morgan fingerprint density at radius 1 is 1.26 bits per heavy atom. The van der Waals surface area contributed by atoms with Crippen molar-refractivity contribution in [3.8, 4) is 5.75 Å². The van der Waals surface area contributed by atoms with E-state index in [4.69, 9.17) is 9.84 Å². The highest BCUT2D eigenvalue weighted by Gasteiger charge is 2.06. The van der Waals surface area contributed by atoms with Crippen molar-refractivity contribution < 1.29 is 14.6 Å². The van der Waals surface area contributed by atoms with E-state index in [1.807, 2.05) is 19.9 Å². The predicted octanol–water partition coefficient (Wildman–Crippen LogP) is 2.98. The van der Waals surface area contributed by atoms with Gasteiger partial charge in [0.25, 0.3) is 0 Å². The SMILES string of the molecule is Cc1cncc(COc2ccc(C(=O)O)cc2C)c1. The molecule has 4 nitrogen and oxygen atoms in total. The van der Waals surface area contributed by atoms with E-state index in [0.717, 1.165) is 16.7 Å². The number of aromatic nitrogens is 1. The van der Waals surface area contributed by atoms with Gasteiger partial charge in [0.2, 0.25) is 0 Å². The summed E-state index contributed by atoms with van der Waals surface area (Å²) in [5.74, 6) is -0.246. The van der Waals surface area contributed by atoms with Crippen LogP contribution in [-0.2, 0) is 6.61 Å². The maximum Gasteiger partial charge on any atom is 0.335 e. The van der Waals surface area contributed by atoms with Gasteiger partial charge in [-0.3, -0.25) is 4.98 Å². The van der Waals surface area contributed by atoms with E-state index in [2.05, 4.69) is 4.98 Å². The van der Waals surface area contributed by atoms with Crippen molar-refractivity contribution in [3.63, 3.8) is 0 Å². The van der Waals surface area contributed by atoms with Crippen LogP contribution in [0.2, 0.25) is 0 Å². The second kappa shape index (κ2) is 5.52. The molecule has 0 radical (unpaired) electrons. The Balaban J connectivity index is 2.10. The normalized spacial score (nSPS) is 10.2. The van der Waals surface area contributed by atoms with Gasteiger partial charge < -0.3 is 9.84 Å². The van der Waals surface area contributed by atoms with E-state index in [9.17, 15) is 4.79 Å². The number of aromatic carboxylic acids is 1. The molecule has 1 N–H and O–H groups in total. The molecule has 0 bridgehead atoms. The third-order valence-electron chi connectivity index (χ3n) is 2.75. The Morgan fingerprint density at radius 3 is 2.68 bits per heavy atom. The van der Waals surface area contributed by atoms with Gasteiger partial charge >= 0.3 is 5.97 Å². The number of hydrogen-bond acceptors (Lipinski definition) is 3. The van der Waals surface area contributed by atoms with E-state index < -0.39 is 5.97 Å². The fraction of sp³-hybridized carbons (Fsp3) is 0.200. The molecule has 4 heteroatoms. The molecule has 1 aromatic carbocycles. The summed E-state index contributed by atoms with van der Waals surface area (Å²) in [6.07, 6.45) is 3.55. The number of carbonyl (C=O) groups is 1. The lowest BCUT2D eigenvalue weighted by Crippen LogP contribution is -2.01. The molecule has 0 atom stereocenters. The summed E-state index contributed by atoms with van der Waals surface area (Å²) in [7, 11) is 0. The van der Waals surface area contributed by atoms with Gasteiger partial charge in [-0.15, -0.1) is 0 Å². The molecular formula is C15H15NO3. The molecule has 0 unspecified atom stereocenters. The zero-order valence-electron chi connectivity index (χ0n) is 10.9. The van der Waals surface area contributed by atoms with Crippen LogP contribution < -0.4 is 4.74 Å². The molecule has 2 rings (SSSR count). The Kier molecular flexibility index (Phi) is 3.80. The highest BCUT2D eigenvalue weighted by atomic mass is 16.5. The highest BCUT2D eigenvalue weighted by molar-refractivity contribution is 5.88. The van der Waals surface area contributed by atoms with Crippen molar-refractivity contribution in [1.82, 2.24) is 4.98 Å². The first-order chi connectivity index (χ1) is 9.06. The van der Waals surface area contributed by atoms with Crippen LogP contribution in [0.3, 0.4) is 0 Å². The molecule has 1 heterocycles. The maximum absolute atomic E-state index is 10.8. The molecule has 0 aliphatic carbocycles. The van der Waals surface area contributed by atoms with Gasteiger partial charge in [-0.25, -0.2) is 4.79 Å². The van der Waals surface area contributed by atoms with Crippen molar-refractivity contribution in [2.24, 2.45) is 0 Å². The molecule has 0 amide bonds. The average molecular weight is 257 g/mol. The Labute approximate surface area is 111 Å². The lowest BCUT2D eigenvalue weighted by molar-refractivity contribution is 0.0696. The predicted molar refractivity (Wildman–Crippen MR) is 71.4 cm³/mol. The number of benzene rings is 1. The molecule has 0 saturated carbocycles. The number of aryl methyl sites for hydroxylation is 2. The highest BCUT2D eigenvalue weighted by Crippen LogP contribution is 2.20. The second-order valence-corrected chi connectivity index (χ2v) is 4.44. The van der Waals surface area contributed by atoms with E-state index in [1.165, 1.54) is 0 Å². The first-order valence-electron chi connectivity index (χ1n) is 5.93. The molecule has 1 aromatic heterocycles. The largest absolute Gasteiger partial charge is 0.489 e. The number of hydrogen-bond donors (Lipinski definition) is 1. The summed E-state index contributed by atoms with van der Waals surface area (Å²) in [6, 6.07) is 6.83. The fourth-order valence-corrected chi connectivity index (χ4v) is 1.80. The minimum atomic E-state index is -0.933. The van der Waals surface area contributed by atoms with Crippen molar-refractivity contribution in [2.75, 3.05) is 0 Å². The second-order valence-electron chi connectivity index (χ2n) is 4.44. The quantitative estimate of drug-likeness (QED) is 0.914. The number of nitrogens with zero attached hydrogens (tertiary/aromatic N) is 1. The van der Waals surface area contributed by atoms with Gasteiger partial charge in [0.15, 0.2) is 0 Å². The molecule has 2 aromatic rings. The summed E-state index contributed by atoms with van der Waals surface area (Å²) in [6.45, 7) is 4.22. The molecule has 0 spiro atoms. The minimum absolute atomic E-state index is 0.266. The van der Waals surface area contributed by atoms with Crippen LogP contribution in [0.25, 0.3) is 0 Å². The number of rotatable bonds is 4. The smallest absolute Gasteiger partial charge is 0.335 e. The van der Waals surface area contributed by atoms with Gasteiger partial charge in [-0.1, -0.05) is 0 Å². The van der Waals surface area contributed by atoms with Gasteiger partial charge in [-0.05, 0) is 49.2 Å². The molecule has 19 heavy (non-hydrogen) atoms. The van der Waals surface area contributed by atoms with Crippen molar-refractivity contribution in [1.29, 1.82) is 0 Å². The van der Waals surface area contributed by atoms with Crippen molar-refractivity contribution in [2.45, 2.75) is 20.5 Å².